The van der Waals surface area contributed by atoms with Gasteiger partial charge in [0.15, 0.2) is 5.34 Å². The Morgan fingerprint density at radius 1 is 1.17 bits per heavy atom. The minimum atomic E-state index is -1.03. The number of anilines is 1. The molecule has 1 saturated heterocycles. The first-order chi connectivity index (χ1) is 17.0. The van der Waals surface area contributed by atoms with Crippen molar-refractivity contribution in [2.24, 2.45) is 5.34 Å². The summed E-state index contributed by atoms with van der Waals surface area (Å²) >= 11 is 0. The highest BCUT2D eigenvalue weighted by Gasteiger charge is 2.25. The van der Waals surface area contributed by atoms with E-state index in [2.05, 4.69) is 22.1 Å². The second-order valence-corrected chi connectivity index (χ2v) is 7.96. The molecular weight excluding hydrogens is 455 g/mol. The number of carbonyl (C=O) groups is 1. The van der Waals surface area contributed by atoms with Crippen LogP contribution in [-0.4, -0.2) is 56.5 Å². The SMILES string of the molecule is C[C@H]1CNCCN1c1nccc2c1c(-c1ccccc1F)cn2-c1cc(C(=O)O)ccn1.O=NO. The van der Waals surface area contributed by atoms with Gasteiger partial charge in [-0.05, 0) is 31.2 Å². The molecule has 0 unspecified atom stereocenters. The topological polar surface area (TPSA) is 133 Å². The zero-order valence-corrected chi connectivity index (χ0v) is 18.8. The maximum absolute atomic E-state index is 14.9. The van der Waals surface area contributed by atoms with E-state index in [1.807, 2.05) is 16.8 Å². The Hall–Kier alpha value is -4.38. The van der Waals surface area contributed by atoms with Gasteiger partial charge in [0.1, 0.15) is 17.5 Å². The van der Waals surface area contributed by atoms with Crippen LogP contribution in [0, 0.1) is 10.7 Å². The number of carboxylic acids is 1. The van der Waals surface area contributed by atoms with Gasteiger partial charge in [0.2, 0.25) is 0 Å². The molecule has 3 aromatic heterocycles. The van der Waals surface area contributed by atoms with E-state index in [0.29, 0.717) is 16.9 Å². The van der Waals surface area contributed by atoms with Crippen molar-refractivity contribution >= 4 is 22.7 Å². The number of piperazine rings is 1. The van der Waals surface area contributed by atoms with Crippen molar-refractivity contribution in [2.75, 3.05) is 24.5 Å². The summed E-state index contributed by atoms with van der Waals surface area (Å²) < 4.78 is 16.7. The average Bonchev–Trinajstić information content (AvgIpc) is 3.25. The van der Waals surface area contributed by atoms with E-state index >= 15 is 0 Å². The Morgan fingerprint density at radius 2 is 1.91 bits per heavy atom. The number of nitrogens with one attached hydrogen (secondary N) is 1. The Kier molecular flexibility index (Phi) is 6.97. The lowest BCUT2D eigenvalue weighted by Gasteiger charge is -2.35. The summed E-state index contributed by atoms with van der Waals surface area (Å²) in [7, 11) is 0. The van der Waals surface area contributed by atoms with Crippen LogP contribution in [0.4, 0.5) is 10.2 Å². The van der Waals surface area contributed by atoms with Crippen molar-refractivity contribution in [3.8, 4) is 16.9 Å². The molecule has 0 spiro atoms. The van der Waals surface area contributed by atoms with Gasteiger partial charge in [0.05, 0.1) is 16.5 Å². The molecule has 0 saturated carbocycles. The molecule has 1 fully saturated rings. The van der Waals surface area contributed by atoms with Gasteiger partial charge >= 0.3 is 5.97 Å². The van der Waals surface area contributed by atoms with Crippen molar-refractivity contribution in [1.29, 1.82) is 0 Å². The highest BCUT2D eigenvalue weighted by Crippen LogP contribution is 2.39. The molecule has 1 atom stereocenters. The fourth-order valence-corrected chi connectivity index (χ4v) is 4.29. The highest BCUT2D eigenvalue weighted by molar-refractivity contribution is 6.04. The van der Waals surface area contributed by atoms with Crippen molar-refractivity contribution < 1.29 is 19.5 Å². The summed E-state index contributed by atoms with van der Waals surface area (Å²) in [5.74, 6) is -0.135. The molecule has 11 heteroatoms. The van der Waals surface area contributed by atoms with Gasteiger partial charge in [0, 0.05) is 55.4 Å². The fourth-order valence-electron chi connectivity index (χ4n) is 4.29. The third kappa shape index (κ3) is 4.66. The zero-order valence-electron chi connectivity index (χ0n) is 18.8. The smallest absolute Gasteiger partial charge is 0.335 e. The van der Waals surface area contributed by atoms with Gasteiger partial charge in [0.25, 0.3) is 0 Å². The van der Waals surface area contributed by atoms with Crippen LogP contribution < -0.4 is 10.2 Å². The summed E-state index contributed by atoms with van der Waals surface area (Å²) in [4.78, 5) is 30.9. The molecule has 1 aliphatic rings. The first kappa shape index (κ1) is 23.8. The van der Waals surface area contributed by atoms with Gasteiger partial charge < -0.3 is 25.1 Å². The first-order valence-corrected chi connectivity index (χ1v) is 10.8. The number of carboxylic acid groups (broad SMARTS) is 1. The molecule has 4 heterocycles. The van der Waals surface area contributed by atoms with Crippen molar-refractivity contribution in [1.82, 2.24) is 19.9 Å². The number of aromatic nitrogens is 3. The third-order valence-corrected chi connectivity index (χ3v) is 5.87. The standard InChI is InChI=1S/C24H22FN5O2.HNO2/c1-15-13-26-10-11-29(15)23-22-18(17-4-2-3-5-19(17)25)14-30(20(22)7-9-28-23)21-12-16(24(31)32)6-8-27-21;2-1-3/h2-9,12,14-15,26H,10-11,13H2,1H3,(H,31,32);(H,2,3)/t15-;/m0./s1. The maximum Gasteiger partial charge on any atom is 0.335 e. The summed E-state index contributed by atoms with van der Waals surface area (Å²) in [6.45, 7) is 4.57. The summed E-state index contributed by atoms with van der Waals surface area (Å²) in [6.07, 6.45) is 5.01. The van der Waals surface area contributed by atoms with Crippen LogP contribution in [0.15, 0.2) is 66.4 Å². The van der Waals surface area contributed by atoms with E-state index in [4.69, 9.17) is 15.1 Å². The molecule has 1 aliphatic heterocycles. The van der Waals surface area contributed by atoms with Crippen LogP contribution in [0.25, 0.3) is 27.8 Å². The normalized spacial score (nSPS) is 15.4. The van der Waals surface area contributed by atoms with E-state index in [1.165, 1.54) is 29.7 Å². The Balaban J connectivity index is 0.000000917. The minimum absolute atomic E-state index is 0.134. The minimum Gasteiger partial charge on any atom is -0.478 e. The quantitative estimate of drug-likeness (QED) is 0.297. The lowest BCUT2D eigenvalue weighted by Crippen LogP contribution is -2.50. The number of fused-ring (bicyclic) bond motifs is 1. The van der Waals surface area contributed by atoms with Crippen LogP contribution in [0.1, 0.15) is 17.3 Å². The largest absolute Gasteiger partial charge is 0.478 e. The molecule has 1 aromatic carbocycles. The first-order valence-electron chi connectivity index (χ1n) is 10.8. The van der Waals surface area contributed by atoms with Crippen LogP contribution in [0.5, 0.6) is 0 Å². The second kappa shape index (κ2) is 10.3. The Bertz CT molecular complexity index is 1380. The average molecular weight is 478 g/mol. The third-order valence-electron chi connectivity index (χ3n) is 5.87. The van der Waals surface area contributed by atoms with E-state index in [-0.39, 0.29) is 17.4 Å². The van der Waals surface area contributed by atoms with Gasteiger partial charge in [-0.2, -0.15) is 0 Å². The van der Waals surface area contributed by atoms with Gasteiger partial charge in [-0.25, -0.2) is 19.2 Å². The van der Waals surface area contributed by atoms with Crippen molar-refractivity contribution in [2.45, 2.75) is 13.0 Å². The molecule has 0 aliphatic carbocycles. The van der Waals surface area contributed by atoms with Gasteiger partial charge in [-0.15, -0.1) is 4.91 Å². The van der Waals surface area contributed by atoms with E-state index < -0.39 is 5.97 Å². The summed E-state index contributed by atoms with van der Waals surface area (Å²) in [5.41, 5.74) is 2.07. The van der Waals surface area contributed by atoms with Crippen LogP contribution in [-0.2, 0) is 0 Å². The summed E-state index contributed by atoms with van der Waals surface area (Å²) in [5, 5.41) is 21.5. The molecule has 180 valence electrons. The highest BCUT2D eigenvalue weighted by atomic mass is 19.1. The predicted molar refractivity (Wildman–Crippen MR) is 128 cm³/mol. The Labute approximate surface area is 199 Å². The lowest BCUT2D eigenvalue weighted by atomic mass is 10.0. The van der Waals surface area contributed by atoms with E-state index in [0.717, 1.165) is 36.4 Å². The predicted octanol–water partition coefficient (Wildman–Crippen LogP) is 3.86. The molecule has 5 rings (SSSR count). The number of pyridine rings is 2. The molecule has 0 amide bonds. The zero-order chi connectivity index (χ0) is 24.9. The summed E-state index contributed by atoms with van der Waals surface area (Å²) in [6, 6.07) is 11.7. The molecule has 3 N–H and O–H groups in total. The fraction of sp³-hybridized carbons (Fsp3) is 0.208. The van der Waals surface area contributed by atoms with Crippen LogP contribution in [0.2, 0.25) is 0 Å². The maximum atomic E-state index is 14.9. The van der Waals surface area contributed by atoms with Crippen LogP contribution in [0.3, 0.4) is 0 Å². The monoisotopic (exact) mass is 478 g/mol. The Morgan fingerprint density at radius 3 is 2.63 bits per heavy atom. The molecular formula is C24H23FN6O4. The van der Waals surface area contributed by atoms with Gasteiger partial charge in [-0.1, -0.05) is 18.2 Å². The van der Waals surface area contributed by atoms with Crippen LogP contribution >= 0.6 is 0 Å². The molecule has 10 nitrogen and oxygen atoms in total. The number of hydrogen-bond acceptors (Lipinski definition) is 7. The number of aromatic carboxylic acids is 1. The molecule has 35 heavy (non-hydrogen) atoms. The number of nitrogens with zero attached hydrogens (tertiary/aromatic N) is 5. The lowest BCUT2D eigenvalue weighted by molar-refractivity contribution is 0.0696. The molecule has 0 radical (unpaired) electrons. The van der Waals surface area contributed by atoms with Gasteiger partial charge in [-0.3, -0.25) is 0 Å². The van der Waals surface area contributed by atoms with E-state index in [1.54, 1.807) is 24.4 Å². The molecule has 4 aromatic rings. The number of hydrogen-bond donors (Lipinski definition) is 3. The van der Waals surface area contributed by atoms with Crippen molar-refractivity contribution in [3.63, 3.8) is 0 Å². The number of rotatable bonds is 4. The number of halogens is 1. The molecule has 0 bridgehead atoms. The number of benzene rings is 1. The van der Waals surface area contributed by atoms with Crippen molar-refractivity contribution in [3.05, 3.63) is 77.3 Å². The van der Waals surface area contributed by atoms with E-state index in [9.17, 15) is 14.3 Å². The second-order valence-electron chi connectivity index (χ2n) is 7.96.